The second-order valence-electron chi connectivity index (χ2n) is 8.05. The van der Waals surface area contributed by atoms with Gasteiger partial charge < -0.3 is 10.2 Å². The highest BCUT2D eigenvalue weighted by atomic mass is 32.2. The Morgan fingerprint density at radius 3 is 2.41 bits per heavy atom. The summed E-state index contributed by atoms with van der Waals surface area (Å²) in [6, 6.07) is 17.7. The van der Waals surface area contributed by atoms with Crippen LogP contribution in [0.2, 0.25) is 0 Å². The van der Waals surface area contributed by atoms with E-state index in [4.69, 9.17) is 4.98 Å². The van der Waals surface area contributed by atoms with Gasteiger partial charge in [0.15, 0.2) is 5.16 Å². The minimum Gasteiger partial charge on any atom is -0.359 e. The first-order valence-corrected chi connectivity index (χ1v) is 12.0. The maximum absolute atomic E-state index is 12.6. The third kappa shape index (κ3) is 6.10. The topological polar surface area (TPSA) is 58.1 Å². The molecule has 0 saturated heterocycles. The van der Waals surface area contributed by atoms with Crippen LogP contribution in [-0.4, -0.2) is 29.5 Å². The molecule has 0 spiro atoms. The molecule has 3 aromatic rings. The van der Waals surface area contributed by atoms with E-state index in [0.29, 0.717) is 5.56 Å². The summed E-state index contributed by atoms with van der Waals surface area (Å²) in [5.41, 5.74) is 5.03. The number of aryl methyl sites for hydroxylation is 1. The van der Waals surface area contributed by atoms with Crippen molar-refractivity contribution in [1.82, 2.24) is 15.3 Å². The van der Waals surface area contributed by atoms with Gasteiger partial charge in [0.05, 0.1) is 6.04 Å². The monoisotopic (exact) mass is 448 g/mol. The molecule has 0 aliphatic rings. The molecule has 5 nitrogen and oxygen atoms in total. The van der Waals surface area contributed by atoms with Gasteiger partial charge in [-0.15, -0.1) is 0 Å². The molecule has 0 fully saturated rings. The Labute approximate surface area is 195 Å². The molecule has 6 heteroatoms. The minimum atomic E-state index is -0.0679. The number of hydrogen-bond donors (Lipinski definition) is 1. The Morgan fingerprint density at radius 1 is 1.06 bits per heavy atom. The Bertz CT molecular complexity index is 1040. The van der Waals surface area contributed by atoms with E-state index in [9.17, 15) is 4.79 Å². The van der Waals surface area contributed by atoms with Gasteiger partial charge in [-0.2, -0.15) is 0 Å². The summed E-state index contributed by atoms with van der Waals surface area (Å²) >= 11 is 1.62. The molecule has 0 aliphatic heterocycles. The normalized spacial score (nSPS) is 11.8. The molecule has 2 aromatic carbocycles. The van der Waals surface area contributed by atoms with Crippen LogP contribution >= 0.6 is 11.8 Å². The smallest absolute Gasteiger partial charge is 0.251 e. The van der Waals surface area contributed by atoms with Crippen molar-refractivity contribution < 1.29 is 4.79 Å². The lowest BCUT2D eigenvalue weighted by Gasteiger charge is -2.20. The van der Waals surface area contributed by atoms with Gasteiger partial charge in [0.25, 0.3) is 5.91 Å². The Kier molecular flexibility index (Phi) is 8.28. The van der Waals surface area contributed by atoms with Crippen LogP contribution < -0.4 is 10.2 Å². The zero-order chi connectivity index (χ0) is 23.1. The number of nitrogens with one attached hydrogen (secondary N) is 1. The summed E-state index contributed by atoms with van der Waals surface area (Å²) in [6.07, 6.45) is 1.07. The molecule has 0 unspecified atom stereocenters. The summed E-state index contributed by atoms with van der Waals surface area (Å²) in [5.74, 6) is 1.69. The van der Waals surface area contributed by atoms with Crippen LogP contribution in [0.5, 0.6) is 0 Å². The molecular formula is C26H32N4OS. The maximum atomic E-state index is 12.6. The number of amides is 1. The van der Waals surface area contributed by atoms with Crippen molar-refractivity contribution in [1.29, 1.82) is 0 Å². The summed E-state index contributed by atoms with van der Waals surface area (Å²) in [5, 5.41) is 3.84. The standard InChI is InChI=1S/C26H32N4OS/c1-6-16-30(5)24-18(2)19(3)28-26(29-24)32-17-21-12-14-23(15-13-21)25(31)27-20(4)22-10-8-7-9-11-22/h7-15,20H,6,16-17H2,1-5H3,(H,27,31)/t20-/m0/s1. The Balaban J connectivity index is 1.62. The van der Waals surface area contributed by atoms with E-state index >= 15 is 0 Å². The number of rotatable bonds is 9. The van der Waals surface area contributed by atoms with E-state index in [1.165, 1.54) is 0 Å². The molecule has 0 bridgehead atoms. The number of nitrogens with zero attached hydrogens (tertiary/aromatic N) is 3. The second-order valence-corrected chi connectivity index (χ2v) is 9.00. The third-order valence-corrected chi connectivity index (χ3v) is 6.41. The second kappa shape index (κ2) is 11.1. The van der Waals surface area contributed by atoms with Gasteiger partial charge in [0.1, 0.15) is 5.82 Å². The number of thioether (sulfide) groups is 1. The summed E-state index contributed by atoms with van der Waals surface area (Å²) in [4.78, 5) is 24.2. The summed E-state index contributed by atoms with van der Waals surface area (Å²) < 4.78 is 0. The lowest BCUT2D eigenvalue weighted by Crippen LogP contribution is -2.26. The van der Waals surface area contributed by atoms with Crippen molar-refractivity contribution in [2.45, 2.75) is 51.1 Å². The highest BCUT2D eigenvalue weighted by molar-refractivity contribution is 7.98. The van der Waals surface area contributed by atoms with Crippen LogP contribution in [0.15, 0.2) is 59.8 Å². The predicted molar refractivity (Wildman–Crippen MR) is 133 cm³/mol. The average molecular weight is 449 g/mol. The van der Waals surface area contributed by atoms with Crippen LogP contribution in [0.1, 0.15) is 59.1 Å². The van der Waals surface area contributed by atoms with Gasteiger partial charge in [0, 0.05) is 36.2 Å². The van der Waals surface area contributed by atoms with Crippen LogP contribution in [0.3, 0.4) is 0 Å². The third-order valence-electron chi connectivity index (χ3n) is 5.49. The molecular weight excluding hydrogens is 416 g/mol. The fraction of sp³-hybridized carbons (Fsp3) is 0.346. The number of anilines is 1. The quantitative estimate of drug-likeness (QED) is 0.335. The van der Waals surface area contributed by atoms with Crippen molar-refractivity contribution in [2.24, 2.45) is 0 Å². The minimum absolute atomic E-state index is 0.0408. The molecule has 0 aliphatic carbocycles. The number of carbonyl (C=O) groups is 1. The van der Waals surface area contributed by atoms with Gasteiger partial charge in [-0.3, -0.25) is 4.79 Å². The van der Waals surface area contributed by atoms with Gasteiger partial charge in [-0.05, 0) is 50.5 Å². The van der Waals surface area contributed by atoms with Crippen molar-refractivity contribution in [2.75, 3.05) is 18.5 Å². The SMILES string of the molecule is CCCN(C)c1nc(SCc2ccc(C(=O)N[C@@H](C)c3ccccc3)cc2)nc(C)c1C. The molecule has 1 N–H and O–H groups in total. The lowest BCUT2D eigenvalue weighted by molar-refractivity contribution is 0.0940. The van der Waals surface area contributed by atoms with Gasteiger partial charge in [-0.25, -0.2) is 9.97 Å². The molecule has 1 amide bonds. The lowest BCUT2D eigenvalue weighted by atomic mass is 10.1. The summed E-state index contributed by atoms with van der Waals surface area (Å²) in [7, 11) is 2.08. The first-order chi connectivity index (χ1) is 15.4. The van der Waals surface area contributed by atoms with E-state index in [1.54, 1.807) is 11.8 Å². The highest BCUT2D eigenvalue weighted by Crippen LogP contribution is 2.26. The molecule has 1 atom stereocenters. The first-order valence-electron chi connectivity index (χ1n) is 11.0. The molecule has 0 saturated carbocycles. The van der Waals surface area contributed by atoms with E-state index in [0.717, 1.165) is 52.1 Å². The van der Waals surface area contributed by atoms with Gasteiger partial charge in [-0.1, -0.05) is 61.2 Å². The predicted octanol–water partition coefficient (Wildman–Crippen LogP) is 5.72. The molecule has 1 heterocycles. The van der Waals surface area contributed by atoms with Crippen LogP contribution in [0.4, 0.5) is 5.82 Å². The van der Waals surface area contributed by atoms with Crippen molar-refractivity contribution in [3.05, 3.63) is 82.5 Å². The molecule has 0 radical (unpaired) electrons. The molecule has 1 aromatic heterocycles. The van der Waals surface area contributed by atoms with E-state index in [-0.39, 0.29) is 11.9 Å². The fourth-order valence-electron chi connectivity index (χ4n) is 3.47. The zero-order valence-electron chi connectivity index (χ0n) is 19.6. The highest BCUT2D eigenvalue weighted by Gasteiger charge is 2.13. The van der Waals surface area contributed by atoms with Crippen molar-refractivity contribution in [3.63, 3.8) is 0 Å². The van der Waals surface area contributed by atoms with E-state index in [1.807, 2.05) is 68.4 Å². The molecule has 3 rings (SSSR count). The maximum Gasteiger partial charge on any atom is 0.251 e. The summed E-state index contributed by atoms with van der Waals surface area (Å²) in [6.45, 7) is 9.24. The van der Waals surface area contributed by atoms with E-state index < -0.39 is 0 Å². The van der Waals surface area contributed by atoms with E-state index in [2.05, 4.69) is 36.1 Å². The van der Waals surface area contributed by atoms with Crippen LogP contribution in [-0.2, 0) is 5.75 Å². The molecule has 168 valence electrons. The largest absolute Gasteiger partial charge is 0.359 e. The van der Waals surface area contributed by atoms with Gasteiger partial charge in [0.2, 0.25) is 0 Å². The average Bonchev–Trinajstić information content (AvgIpc) is 2.80. The number of hydrogen-bond acceptors (Lipinski definition) is 5. The Morgan fingerprint density at radius 2 is 1.75 bits per heavy atom. The zero-order valence-corrected chi connectivity index (χ0v) is 20.4. The van der Waals surface area contributed by atoms with Crippen molar-refractivity contribution >= 4 is 23.5 Å². The van der Waals surface area contributed by atoms with Crippen LogP contribution in [0.25, 0.3) is 0 Å². The fourth-order valence-corrected chi connectivity index (χ4v) is 4.31. The Hall–Kier alpha value is -2.86. The van der Waals surface area contributed by atoms with Gasteiger partial charge >= 0.3 is 0 Å². The number of benzene rings is 2. The molecule has 32 heavy (non-hydrogen) atoms. The van der Waals surface area contributed by atoms with Crippen molar-refractivity contribution in [3.8, 4) is 0 Å². The van der Waals surface area contributed by atoms with Crippen LogP contribution in [0, 0.1) is 13.8 Å². The first kappa shape index (κ1) is 23.8. The number of carbonyl (C=O) groups excluding carboxylic acids is 1. The number of aromatic nitrogens is 2.